The van der Waals surface area contributed by atoms with Crippen molar-refractivity contribution in [1.29, 1.82) is 0 Å². The minimum Gasteiger partial charge on any atom is -0.501 e. The van der Waals surface area contributed by atoms with Crippen LogP contribution >= 0.6 is 11.3 Å². The highest BCUT2D eigenvalue weighted by molar-refractivity contribution is 7.21. The molecule has 0 bridgehead atoms. The Morgan fingerprint density at radius 1 is 1.30 bits per heavy atom. The second-order valence-corrected chi connectivity index (χ2v) is 9.81. The number of thiophene rings is 1. The van der Waals surface area contributed by atoms with E-state index in [2.05, 4.69) is 11.7 Å². The Morgan fingerprint density at radius 3 is 2.54 bits per heavy atom. The fourth-order valence-electron chi connectivity index (χ4n) is 3.99. The van der Waals surface area contributed by atoms with E-state index in [1.165, 1.54) is 36.9 Å². The van der Waals surface area contributed by atoms with Gasteiger partial charge in [0.15, 0.2) is 0 Å². The molecule has 0 saturated heterocycles. The molecule has 0 aliphatic heterocycles. The summed E-state index contributed by atoms with van der Waals surface area (Å²) in [7, 11) is 3.07. The Bertz CT molecular complexity index is 1440. The molecule has 0 amide bonds. The number of aromatic nitrogens is 4. The number of rotatable bonds is 12. The summed E-state index contributed by atoms with van der Waals surface area (Å²) in [5.41, 5.74) is -2.07. The Kier molecular flexibility index (Phi) is 8.57. The molecule has 0 unspecified atom stereocenters. The van der Waals surface area contributed by atoms with Crippen molar-refractivity contribution in [3.05, 3.63) is 68.8 Å². The van der Waals surface area contributed by atoms with E-state index in [0.717, 1.165) is 4.57 Å². The summed E-state index contributed by atoms with van der Waals surface area (Å²) in [6.07, 6.45) is 4.22. The number of aryl methyl sites for hydroxylation is 1. The molecule has 12 heteroatoms. The maximum Gasteiger partial charge on any atom is 0.333 e. The van der Waals surface area contributed by atoms with Gasteiger partial charge in [-0.05, 0) is 33.8 Å². The molecular formula is C25H32N4O7S. The molecule has 3 heterocycles. The molecule has 1 atom stereocenters. The number of hydrogen-bond donors (Lipinski definition) is 1. The molecule has 200 valence electrons. The number of aliphatic carboxylic acids is 1. The average Bonchev–Trinajstić information content (AvgIpc) is 3.49. The summed E-state index contributed by atoms with van der Waals surface area (Å²) in [6.45, 7) is 10.5. The highest BCUT2D eigenvalue weighted by Crippen LogP contribution is 2.32. The number of carboxylic acids is 1. The van der Waals surface area contributed by atoms with Gasteiger partial charge in [0.1, 0.15) is 21.5 Å². The lowest BCUT2D eigenvalue weighted by molar-refractivity contribution is -0.146. The third-order valence-corrected chi connectivity index (χ3v) is 7.52. The van der Waals surface area contributed by atoms with Crippen molar-refractivity contribution in [2.75, 3.05) is 27.4 Å². The number of fused-ring (bicyclic) bond motifs is 1. The topological polar surface area (TPSA) is 127 Å². The normalized spacial score (nSPS) is 13.5. The van der Waals surface area contributed by atoms with E-state index < -0.39 is 28.9 Å². The van der Waals surface area contributed by atoms with E-state index in [1.807, 2.05) is 0 Å². The lowest BCUT2D eigenvalue weighted by atomic mass is 10.1. The second-order valence-electron chi connectivity index (χ2n) is 8.83. The van der Waals surface area contributed by atoms with Crippen molar-refractivity contribution in [2.45, 2.75) is 45.9 Å². The molecule has 0 radical (unpaired) electrons. The SMILES string of the molecule is C=C/C(=C(\C)OC)[C@H](Cn1c(=O)n(C(C)(C)C(=O)O)c(=O)c2c(C)c(-n3cccn3)sc21)OCCOC. The standard InChI is InChI=1S/C25H32N4O7S/c1-8-17(16(3)35-7)18(36-13-12-34-6)14-27-22-19(15(2)21(37-22)28-11-9-10-26-28)20(30)29(24(27)33)25(4,5)23(31)32/h8-11,18H,1,12-14H2,2-7H3,(H,31,32)/b17-16-/t18-/m0/s1. The smallest absolute Gasteiger partial charge is 0.333 e. The van der Waals surface area contributed by atoms with Crippen molar-refractivity contribution in [1.82, 2.24) is 18.9 Å². The van der Waals surface area contributed by atoms with Gasteiger partial charge in [0, 0.05) is 30.6 Å². The number of nitrogens with zero attached hydrogens (tertiary/aromatic N) is 4. The predicted molar refractivity (Wildman–Crippen MR) is 141 cm³/mol. The van der Waals surface area contributed by atoms with Crippen LogP contribution in [-0.4, -0.2) is 63.5 Å². The van der Waals surface area contributed by atoms with Crippen molar-refractivity contribution in [3.63, 3.8) is 0 Å². The van der Waals surface area contributed by atoms with E-state index in [0.29, 0.717) is 33.3 Å². The Balaban J connectivity index is 2.39. The van der Waals surface area contributed by atoms with Crippen LogP contribution in [0, 0.1) is 6.92 Å². The molecule has 3 rings (SSSR count). The summed E-state index contributed by atoms with van der Waals surface area (Å²) in [4.78, 5) is 40.1. The molecule has 37 heavy (non-hydrogen) atoms. The van der Waals surface area contributed by atoms with E-state index in [9.17, 15) is 19.5 Å². The zero-order valence-corrected chi connectivity index (χ0v) is 22.6. The number of methoxy groups -OCH3 is 2. The quantitative estimate of drug-likeness (QED) is 0.214. The van der Waals surface area contributed by atoms with Gasteiger partial charge in [0.25, 0.3) is 5.56 Å². The van der Waals surface area contributed by atoms with Gasteiger partial charge in [0.05, 0.1) is 38.0 Å². The van der Waals surface area contributed by atoms with Crippen LogP contribution in [0.4, 0.5) is 0 Å². The van der Waals surface area contributed by atoms with Crippen LogP contribution < -0.4 is 11.2 Å². The van der Waals surface area contributed by atoms with Gasteiger partial charge in [-0.25, -0.2) is 18.8 Å². The first-order valence-corrected chi connectivity index (χ1v) is 12.3. The molecule has 0 aromatic carbocycles. The number of ether oxygens (including phenoxy) is 3. The van der Waals surface area contributed by atoms with Gasteiger partial charge in [-0.2, -0.15) is 5.10 Å². The molecule has 0 aliphatic rings. The van der Waals surface area contributed by atoms with Gasteiger partial charge < -0.3 is 19.3 Å². The van der Waals surface area contributed by atoms with Crippen LogP contribution in [0.15, 0.2) is 52.0 Å². The number of allylic oxidation sites excluding steroid dienone is 1. The first-order valence-electron chi connectivity index (χ1n) is 11.5. The molecule has 0 spiro atoms. The van der Waals surface area contributed by atoms with Crippen molar-refractivity contribution < 1.29 is 24.1 Å². The summed E-state index contributed by atoms with van der Waals surface area (Å²) in [5, 5.41) is 15.0. The van der Waals surface area contributed by atoms with Gasteiger partial charge in [0.2, 0.25) is 0 Å². The van der Waals surface area contributed by atoms with E-state index >= 15 is 0 Å². The first-order chi connectivity index (χ1) is 17.5. The molecule has 0 aliphatic carbocycles. The zero-order chi connectivity index (χ0) is 27.5. The second kappa shape index (κ2) is 11.3. The van der Waals surface area contributed by atoms with Gasteiger partial charge in [-0.1, -0.05) is 24.0 Å². The zero-order valence-electron chi connectivity index (χ0n) is 21.8. The van der Waals surface area contributed by atoms with E-state index in [-0.39, 0.29) is 18.5 Å². The molecule has 1 N–H and O–H groups in total. The predicted octanol–water partition coefficient (Wildman–Crippen LogP) is 2.68. The summed E-state index contributed by atoms with van der Waals surface area (Å²) >= 11 is 1.22. The largest absolute Gasteiger partial charge is 0.501 e. The fraction of sp³-hybridized carbons (Fsp3) is 0.440. The summed E-state index contributed by atoms with van der Waals surface area (Å²) in [6, 6.07) is 1.75. The van der Waals surface area contributed by atoms with Crippen LogP contribution in [0.25, 0.3) is 15.2 Å². The van der Waals surface area contributed by atoms with Crippen LogP contribution in [0.2, 0.25) is 0 Å². The summed E-state index contributed by atoms with van der Waals surface area (Å²) < 4.78 is 20.4. The third-order valence-electron chi connectivity index (χ3n) is 6.22. The van der Waals surface area contributed by atoms with Gasteiger partial charge >= 0.3 is 11.7 Å². The van der Waals surface area contributed by atoms with Crippen LogP contribution in [0.3, 0.4) is 0 Å². The highest BCUT2D eigenvalue weighted by atomic mass is 32.1. The minimum absolute atomic E-state index is 0.0322. The molecule has 11 nitrogen and oxygen atoms in total. The van der Waals surface area contributed by atoms with Crippen LogP contribution in [0.5, 0.6) is 0 Å². The minimum atomic E-state index is -1.81. The molecule has 3 aromatic rings. The van der Waals surface area contributed by atoms with Crippen molar-refractivity contribution in [3.8, 4) is 5.00 Å². The van der Waals surface area contributed by atoms with E-state index in [4.69, 9.17) is 14.2 Å². The fourth-order valence-corrected chi connectivity index (χ4v) is 5.24. The lowest BCUT2D eigenvalue weighted by Gasteiger charge is -2.26. The maximum atomic E-state index is 13.9. The van der Waals surface area contributed by atoms with Crippen molar-refractivity contribution >= 4 is 27.5 Å². The molecule has 0 saturated carbocycles. The van der Waals surface area contributed by atoms with Crippen LogP contribution in [-0.2, 0) is 31.1 Å². The van der Waals surface area contributed by atoms with E-state index in [1.54, 1.807) is 50.2 Å². The number of carboxylic acid groups (broad SMARTS) is 1. The van der Waals surface area contributed by atoms with Gasteiger partial charge in [-0.3, -0.25) is 9.36 Å². The van der Waals surface area contributed by atoms with Crippen molar-refractivity contribution in [2.24, 2.45) is 0 Å². The number of hydrogen-bond acceptors (Lipinski definition) is 8. The van der Waals surface area contributed by atoms with Crippen LogP contribution in [0.1, 0.15) is 26.3 Å². The molecule has 3 aromatic heterocycles. The highest BCUT2D eigenvalue weighted by Gasteiger charge is 2.36. The molecule has 0 fully saturated rings. The summed E-state index contributed by atoms with van der Waals surface area (Å²) in [5.74, 6) is -0.770. The monoisotopic (exact) mass is 532 g/mol. The Morgan fingerprint density at radius 2 is 2.00 bits per heavy atom. The molecular weight excluding hydrogens is 500 g/mol. The first kappa shape index (κ1) is 28.1. The third kappa shape index (κ3) is 5.17. The number of carbonyl (C=O) groups is 1. The maximum absolute atomic E-state index is 13.9. The Labute approximate surface area is 217 Å². The van der Waals surface area contributed by atoms with Gasteiger partial charge in [-0.15, -0.1) is 0 Å². The lowest BCUT2D eigenvalue weighted by Crippen LogP contribution is -2.53. The average molecular weight is 533 g/mol. The Hall–Kier alpha value is -3.48.